The van der Waals surface area contributed by atoms with E-state index in [4.69, 9.17) is 4.74 Å². The van der Waals surface area contributed by atoms with E-state index in [0.717, 1.165) is 48.1 Å². The number of ether oxygens (including phenoxy) is 1. The third-order valence-corrected chi connectivity index (χ3v) is 10.4. The molecule has 0 saturated carbocycles. The van der Waals surface area contributed by atoms with Crippen molar-refractivity contribution in [2.75, 3.05) is 11.6 Å². The average molecular weight is 628 g/mol. The molecule has 4 heterocycles. The van der Waals surface area contributed by atoms with Gasteiger partial charge in [0, 0.05) is 29.5 Å². The van der Waals surface area contributed by atoms with E-state index < -0.39 is 17.7 Å². The molecular formula is C36H35F2N3O3S. The van der Waals surface area contributed by atoms with Crippen molar-refractivity contribution in [2.24, 2.45) is 5.92 Å². The minimum Gasteiger partial charge on any atom is -0.482 e. The highest BCUT2D eigenvalue weighted by atomic mass is 32.2. The maximum atomic E-state index is 15.1. The Bertz CT molecular complexity index is 1800. The summed E-state index contributed by atoms with van der Waals surface area (Å²) < 4.78 is 37.7. The zero-order valence-corrected chi connectivity index (χ0v) is 25.9. The highest BCUT2D eigenvalue weighted by Crippen LogP contribution is 2.46. The van der Waals surface area contributed by atoms with Crippen LogP contribution in [0.25, 0.3) is 0 Å². The number of halogens is 2. The quantitative estimate of drug-likeness (QED) is 0.214. The summed E-state index contributed by atoms with van der Waals surface area (Å²) in [6.07, 6.45) is 6.10. The summed E-state index contributed by atoms with van der Waals surface area (Å²) in [5.41, 5.74) is 2.93. The highest BCUT2D eigenvalue weighted by Gasteiger charge is 2.47. The third kappa shape index (κ3) is 5.41. The molecule has 1 amide bonds. The fraction of sp³-hybridized carbons (Fsp3) is 0.333. The first-order valence-electron chi connectivity index (χ1n) is 15.7. The zero-order chi connectivity index (χ0) is 31.1. The van der Waals surface area contributed by atoms with Crippen molar-refractivity contribution in [2.45, 2.75) is 68.5 Å². The van der Waals surface area contributed by atoms with Crippen LogP contribution in [0, 0.1) is 17.6 Å². The molecule has 0 aliphatic carbocycles. The number of amides is 1. The molecule has 3 aromatic carbocycles. The first kappa shape index (κ1) is 29.6. The zero-order valence-electron chi connectivity index (χ0n) is 25.1. The standard InChI is InChI=1S/C36H35F2N3O3S/c1-2-3-9-23-14-16-39-32(18-23)41(33-26-12-7-8-13-31(26)45-22-25-19-28(37)29(38)20-27(25)33)40-17-15-30(42)35(34(40)36(39)43)44-21-24-10-5-4-6-11-24/h4-8,10-13,15,17,19-20,23,32-33H,2-3,9,14,16,18,21-22H2,1H3. The Hall–Kier alpha value is -4.11. The number of piperidine rings is 1. The van der Waals surface area contributed by atoms with Gasteiger partial charge in [0.05, 0.1) is 6.04 Å². The molecule has 0 spiro atoms. The number of benzene rings is 3. The molecule has 232 valence electrons. The number of carbonyl (C=O) groups is 1. The molecule has 9 heteroatoms. The van der Waals surface area contributed by atoms with Gasteiger partial charge < -0.3 is 9.64 Å². The van der Waals surface area contributed by atoms with Gasteiger partial charge in [-0.2, -0.15) is 0 Å². The molecular weight excluding hydrogens is 592 g/mol. The normalized spacial score (nSPS) is 20.5. The Labute approximate surface area is 265 Å². The maximum absolute atomic E-state index is 15.1. The van der Waals surface area contributed by atoms with Crippen molar-refractivity contribution in [3.8, 4) is 5.75 Å². The summed E-state index contributed by atoms with van der Waals surface area (Å²) in [6.45, 7) is 2.84. The van der Waals surface area contributed by atoms with Crippen LogP contribution in [0.2, 0.25) is 0 Å². The molecule has 0 radical (unpaired) electrons. The second kappa shape index (κ2) is 12.4. The largest absolute Gasteiger partial charge is 0.482 e. The van der Waals surface area contributed by atoms with Gasteiger partial charge in [-0.15, -0.1) is 11.8 Å². The van der Waals surface area contributed by atoms with E-state index in [-0.39, 0.29) is 35.6 Å². The van der Waals surface area contributed by atoms with Gasteiger partial charge in [-0.3, -0.25) is 19.3 Å². The predicted molar refractivity (Wildman–Crippen MR) is 171 cm³/mol. The van der Waals surface area contributed by atoms with Crippen LogP contribution in [-0.4, -0.2) is 28.2 Å². The Balaban J connectivity index is 1.44. The third-order valence-electron chi connectivity index (χ3n) is 9.26. The molecule has 3 aliphatic rings. The maximum Gasteiger partial charge on any atom is 0.278 e. The number of rotatable bonds is 7. The fourth-order valence-corrected chi connectivity index (χ4v) is 8.11. The van der Waals surface area contributed by atoms with Crippen LogP contribution in [0.3, 0.4) is 0 Å². The second-order valence-corrected chi connectivity index (χ2v) is 13.1. The van der Waals surface area contributed by atoms with E-state index in [1.54, 1.807) is 22.6 Å². The highest BCUT2D eigenvalue weighted by molar-refractivity contribution is 7.98. The number of carbonyl (C=O) groups excluding carboxylic acids is 1. The first-order chi connectivity index (χ1) is 21.9. The van der Waals surface area contributed by atoms with Gasteiger partial charge in [0.25, 0.3) is 5.91 Å². The number of hydrogen-bond donors (Lipinski definition) is 0. The van der Waals surface area contributed by atoms with Crippen molar-refractivity contribution < 1.29 is 18.3 Å². The van der Waals surface area contributed by atoms with Crippen LogP contribution in [0.15, 0.2) is 88.7 Å². The SMILES string of the molecule is CCCCC1CCN2C(=O)c3c(OCc4ccccc4)c(=O)ccn3N(C3c4cc(F)c(F)cc4CSc4ccccc43)C2C1. The molecule has 3 atom stereocenters. The molecule has 3 unspecified atom stereocenters. The van der Waals surface area contributed by atoms with Crippen molar-refractivity contribution in [3.05, 3.63) is 129 Å². The molecule has 45 heavy (non-hydrogen) atoms. The molecule has 0 bridgehead atoms. The van der Waals surface area contributed by atoms with Gasteiger partial charge >= 0.3 is 0 Å². The lowest BCUT2D eigenvalue weighted by atomic mass is 9.87. The van der Waals surface area contributed by atoms with Crippen LogP contribution in [0.4, 0.5) is 8.78 Å². The first-order valence-corrected chi connectivity index (χ1v) is 16.6. The smallest absolute Gasteiger partial charge is 0.278 e. The lowest BCUT2D eigenvalue weighted by Crippen LogP contribution is -2.64. The topological polar surface area (TPSA) is 54.8 Å². The number of thioether (sulfide) groups is 1. The number of unbranched alkanes of at least 4 members (excludes halogenated alkanes) is 1. The summed E-state index contributed by atoms with van der Waals surface area (Å²) in [4.78, 5) is 30.6. The monoisotopic (exact) mass is 627 g/mol. The second-order valence-electron chi connectivity index (χ2n) is 12.1. The summed E-state index contributed by atoms with van der Waals surface area (Å²) in [5, 5.41) is 2.12. The molecule has 0 N–H and O–H groups in total. The van der Waals surface area contributed by atoms with E-state index >= 15 is 4.39 Å². The number of aromatic nitrogens is 1. The molecule has 1 saturated heterocycles. The van der Waals surface area contributed by atoms with Gasteiger partial charge in [-0.25, -0.2) is 8.78 Å². The van der Waals surface area contributed by atoms with Crippen LogP contribution >= 0.6 is 11.8 Å². The van der Waals surface area contributed by atoms with Crippen LogP contribution in [0.5, 0.6) is 5.75 Å². The Morgan fingerprint density at radius 3 is 2.56 bits per heavy atom. The predicted octanol–water partition coefficient (Wildman–Crippen LogP) is 7.42. The summed E-state index contributed by atoms with van der Waals surface area (Å²) in [6, 6.07) is 21.0. The number of fused-ring (bicyclic) bond motifs is 4. The van der Waals surface area contributed by atoms with E-state index in [1.165, 1.54) is 18.2 Å². The number of nitrogens with zero attached hydrogens (tertiary/aromatic N) is 3. The lowest BCUT2D eigenvalue weighted by molar-refractivity contribution is 0.0364. The summed E-state index contributed by atoms with van der Waals surface area (Å²) in [7, 11) is 0. The number of hydrogen-bond acceptors (Lipinski definition) is 5. The minimum atomic E-state index is -0.912. The van der Waals surface area contributed by atoms with Gasteiger partial charge in [0.2, 0.25) is 5.43 Å². The Morgan fingerprint density at radius 1 is 0.956 bits per heavy atom. The van der Waals surface area contributed by atoms with Gasteiger partial charge in [0.15, 0.2) is 23.1 Å². The van der Waals surface area contributed by atoms with E-state index in [9.17, 15) is 14.0 Å². The van der Waals surface area contributed by atoms with E-state index in [2.05, 4.69) is 11.9 Å². The van der Waals surface area contributed by atoms with Crippen LogP contribution in [-0.2, 0) is 12.4 Å². The van der Waals surface area contributed by atoms with E-state index in [1.807, 2.05) is 59.5 Å². The van der Waals surface area contributed by atoms with Crippen molar-refractivity contribution in [1.82, 2.24) is 9.58 Å². The molecule has 1 fully saturated rings. The molecule has 6 nitrogen and oxygen atoms in total. The van der Waals surface area contributed by atoms with Crippen molar-refractivity contribution in [1.29, 1.82) is 0 Å². The van der Waals surface area contributed by atoms with Gasteiger partial charge in [-0.1, -0.05) is 74.7 Å². The molecule has 4 aromatic rings. The van der Waals surface area contributed by atoms with Gasteiger partial charge in [-0.05, 0) is 59.2 Å². The molecule has 3 aliphatic heterocycles. The molecule has 1 aromatic heterocycles. The van der Waals surface area contributed by atoms with Crippen molar-refractivity contribution >= 4 is 17.7 Å². The van der Waals surface area contributed by atoms with E-state index in [0.29, 0.717) is 29.3 Å². The number of pyridine rings is 1. The Morgan fingerprint density at radius 2 is 1.73 bits per heavy atom. The molecule has 7 rings (SSSR count). The van der Waals surface area contributed by atoms with Crippen molar-refractivity contribution in [3.63, 3.8) is 0 Å². The van der Waals surface area contributed by atoms with Gasteiger partial charge in [0.1, 0.15) is 12.8 Å². The lowest BCUT2D eigenvalue weighted by Gasteiger charge is -2.53. The minimum absolute atomic E-state index is 0.00954. The van der Waals surface area contributed by atoms with Crippen LogP contribution < -0.4 is 15.2 Å². The van der Waals surface area contributed by atoms with Crippen LogP contribution in [0.1, 0.15) is 77.8 Å². The fourth-order valence-electron chi connectivity index (χ4n) is 7.03. The Kier molecular flexibility index (Phi) is 8.12. The average Bonchev–Trinajstić information content (AvgIpc) is 3.21. The summed E-state index contributed by atoms with van der Waals surface area (Å²) in [5.74, 6) is -1.19. The summed E-state index contributed by atoms with van der Waals surface area (Å²) >= 11 is 1.59.